The summed E-state index contributed by atoms with van der Waals surface area (Å²) in [7, 11) is 6.31. The molecule has 1 aromatic carbocycles. The minimum Gasteiger partial charge on any atom is -0.497 e. The molecule has 25 heavy (non-hydrogen) atoms. The van der Waals surface area contributed by atoms with E-state index in [1.165, 1.54) is 25.3 Å². The summed E-state index contributed by atoms with van der Waals surface area (Å²) in [4.78, 5) is 26.4. The number of nitrogens with zero attached hydrogens (tertiary/aromatic N) is 3. The number of hydrogen-bond acceptors (Lipinski definition) is 5. The Kier molecular flexibility index (Phi) is 5.63. The minimum absolute atomic E-state index is 0.238. The van der Waals surface area contributed by atoms with Gasteiger partial charge in [0.05, 0.1) is 26.1 Å². The van der Waals surface area contributed by atoms with Gasteiger partial charge in [0.15, 0.2) is 0 Å². The van der Waals surface area contributed by atoms with Crippen LogP contribution < -0.4 is 14.8 Å². The van der Waals surface area contributed by atoms with Crippen LogP contribution in [0.2, 0.25) is 0 Å². The summed E-state index contributed by atoms with van der Waals surface area (Å²) in [5.41, 5.74) is 1.03. The van der Waals surface area contributed by atoms with Crippen molar-refractivity contribution in [3.63, 3.8) is 0 Å². The first-order valence-electron chi connectivity index (χ1n) is 7.73. The summed E-state index contributed by atoms with van der Waals surface area (Å²) >= 11 is 0. The zero-order valence-corrected chi connectivity index (χ0v) is 15.0. The maximum Gasteiger partial charge on any atom is 0.273 e. The number of nitrogens with one attached hydrogen (secondary N) is 1. The van der Waals surface area contributed by atoms with Crippen LogP contribution in [0, 0.1) is 0 Å². The average molecular weight is 346 g/mol. The van der Waals surface area contributed by atoms with E-state index in [9.17, 15) is 9.59 Å². The SMILES string of the molecule is CCn1ncc(NC(=O)c2cc(OC)cc(OC)c2)c1C(=O)N(C)C. The van der Waals surface area contributed by atoms with Crippen molar-refractivity contribution >= 4 is 17.5 Å². The maximum atomic E-state index is 12.6. The molecule has 8 nitrogen and oxygen atoms in total. The van der Waals surface area contributed by atoms with Crippen LogP contribution in [0.5, 0.6) is 11.5 Å². The highest BCUT2D eigenvalue weighted by Gasteiger charge is 2.22. The Morgan fingerprint density at radius 2 is 1.76 bits per heavy atom. The molecule has 0 fully saturated rings. The highest BCUT2D eigenvalue weighted by atomic mass is 16.5. The molecule has 2 aromatic rings. The van der Waals surface area contributed by atoms with E-state index in [-0.39, 0.29) is 11.8 Å². The molecule has 0 aliphatic carbocycles. The average Bonchev–Trinajstić information content (AvgIpc) is 3.02. The molecule has 0 atom stereocenters. The van der Waals surface area contributed by atoms with Gasteiger partial charge in [-0.2, -0.15) is 5.10 Å². The predicted octanol–water partition coefficient (Wildman–Crippen LogP) is 1.87. The fraction of sp³-hybridized carbons (Fsp3) is 0.353. The third kappa shape index (κ3) is 3.90. The van der Waals surface area contributed by atoms with E-state index in [2.05, 4.69) is 10.4 Å². The fourth-order valence-electron chi connectivity index (χ4n) is 2.29. The van der Waals surface area contributed by atoms with Crippen LogP contribution in [0.3, 0.4) is 0 Å². The standard InChI is InChI=1S/C17H22N4O4/c1-6-21-15(17(23)20(2)3)14(10-18-21)19-16(22)11-7-12(24-4)9-13(8-11)25-5/h7-10H,6H2,1-5H3,(H,19,22). The molecule has 1 N–H and O–H groups in total. The molecule has 0 saturated carbocycles. The second kappa shape index (κ2) is 7.69. The quantitative estimate of drug-likeness (QED) is 0.863. The van der Waals surface area contributed by atoms with Crippen molar-refractivity contribution in [2.24, 2.45) is 0 Å². The molecule has 2 rings (SSSR count). The summed E-state index contributed by atoms with van der Waals surface area (Å²) in [6.07, 6.45) is 1.47. The molecular weight excluding hydrogens is 324 g/mol. The molecule has 134 valence electrons. The number of benzene rings is 1. The summed E-state index contributed by atoms with van der Waals surface area (Å²) in [6.45, 7) is 2.38. The van der Waals surface area contributed by atoms with Crippen LogP contribution in [-0.4, -0.2) is 54.8 Å². The van der Waals surface area contributed by atoms with Crippen molar-refractivity contribution < 1.29 is 19.1 Å². The Labute approximate surface area is 146 Å². The van der Waals surface area contributed by atoms with Crippen molar-refractivity contribution in [2.45, 2.75) is 13.5 Å². The van der Waals surface area contributed by atoms with Crippen molar-refractivity contribution in [1.29, 1.82) is 0 Å². The first kappa shape index (κ1) is 18.3. The van der Waals surface area contributed by atoms with Crippen molar-refractivity contribution in [3.8, 4) is 11.5 Å². The van der Waals surface area contributed by atoms with E-state index in [0.29, 0.717) is 35.0 Å². The molecule has 0 aliphatic rings. The first-order valence-corrected chi connectivity index (χ1v) is 7.73. The molecule has 0 saturated heterocycles. The van der Waals surface area contributed by atoms with E-state index in [4.69, 9.17) is 9.47 Å². The number of aromatic nitrogens is 2. The third-order valence-electron chi connectivity index (χ3n) is 3.61. The van der Waals surface area contributed by atoms with E-state index in [1.807, 2.05) is 6.92 Å². The van der Waals surface area contributed by atoms with Crippen molar-refractivity contribution in [1.82, 2.24) is 14.7 Å². The molecular formula is C17H22N4O4. The summed E-state index contributed by atoms with van der Waals surface area (Å²) in [5, 5.41) is 6.90. The second-order valence-electron chi connectivity index (χ2n) is 5.48. The largest absolute Gasteiger partial charge is 0.497 e. The molecule has 0 bridgehead atoms. The summed E-state index contributed by atoms with van der Waals surface area (Å²) in [6, 6.07) is 4.86. The molecule has 0 unspecified atom stereocenters. The number of amides is 2. The minimum atomic E-state index is -0.388. The topological polar surface area (TPSA) is 85.7 Å². The smallest absolute Gasteiger partial charge is 0.273 e. The van der Waals surface area contributed by atoms with Crippen LogP contribution in [0.1, 0.15) is 27.8 Å². The lowest BCUT2D eigenvalue weighted by atomic mass is 10.2. The number of carbonyl (C=O) groups excluding carboxylic acids is 2. The molecule has 2 amide bonds. The van der Waals surface area contributed by atoms with Gasteiger partial charge in [0.2, 0.25) is 0 Å². The van der Waals surface area contributed by atoms with Gasteiger partial charge >= 0.3 is 0 Å². The van der Waals surface area contributed by atoms with Crippen LogP contribution in [0.25, 0.3) is 0 Å². The van der Waals surface area contributed by atoms with E-state index in [0.717, 1.165) is 0 Å². The van der Waals surface area contributed by atoms with Crippen molar-refractivity contribution in [2.75, 3.05) is 33.6 Å². The van der Waals surface area contributed by atoms with E-state index in [1.54, 1.807) is 37.0 Å². The Balaban J connectivity index is 2.36. The van der Waals surface area contributed by atoms with Gasteiger partial charge in [-0.05, 0) is 19.1 Å². The Bertz CT molecular complexity index is 761. The molecule has 0 spiro atoms. The summed E-state index contributed by atoms with van der Waals surface area (Å²) < 4.78 is 11.9. The molecule has 1 aromatic heterocycles. The van der Waals surface area contributed by atoms with Crippen LogP contribution >= 0.6 is 0 Å². The maximum absolute atomic E-state index is 12.6. The van der Waals surface area contributed by atoms with Gasteiger partial charge < -0.3 is 19.7 Å². The molecule has 1 heterocycles. The van der Waals surface area contributed by atoms with E-state index >= 15 is 0 Å². The molecule has 8 heteroatoms. The third-order valence-corrected chi connectivity index (χ3v) is 3.61. The lowest BCUT2D eigenvalue weighted by molar-refractivity contribution is 0.0816. The zero-order chi connectivity index (χ0) is 18.6. The number of anilines is 1. The van der Waals surface area contributed by atoms with Gasteiger partial charge in [-0.25, -0.2) is 0 Å². The zero-order valence-electron chi connectivity index (χ0n) is 15.0. The van der Waals surface area contributed by atoms with Gasteiger partial charge in [0.25, 0.3) is 11.8 Å². The first-order chi connectivity index (χ1) is 11.9. The lowest BCUT2D eigenvalue weighted by Gasteiger charge is -2.14. The van der Waals surface area contributed by atoms with Crippen LogP contribution in [0.4, 0.5) is 5.69 Å². The van der Waals surface area contributed by atoms with Gasteiger partial charge in [-0.15, -0.1) is 0 Å². The van der Waals surface area contributed by atoms with Crippen molar-refractivity contribution in [3.05, 3.63) is 35.7 Å². The number of aryl methyl sites for hydroxylation is 1. The monoisotopic (exact) mass is 346 g/mol. The Morgan fingerprint density at radius 3 is 2.24 bits per heavy atom. The fourth-order valence-corrected chi connectivity index (χ4v) is 2.29. The van der Waals surface area contributed by atoms with Crippen LogP contribution in [0.15, 0.2) is 24.4 Å². The number of rotatable bonds is 6. The number of hydrogen-bond donors (Lipinski definition) is 1. The molecule has 0 aliphatic heterocycles. The highest BCUT2D eigenvalue weighted by Crippen LogP contribution is 2.24. The number of methoxy groups -OCH3 is 2. The van der Waals surface area contributed by atoms with E-state index < -0.39 is 0 Å². The van der Waals surface area contributed by atoms with Gasteiger partial charge in [0, 0.05) is 32.3 Å². The highest BCUT2D eigenvalue weighted by molar-refractivity contribution is 6.08. The number of carbonyl (C=O) groups is 2. The Morgan fingerprint density at radius 1 is 1.16 bits per heavy atom. The normalized spacial score (nSPS) is 10.3. The second-order valence-corrected chi connectivity index (χ2v) is 5.48. The van der Waals surface area contributed by atoms with Crippen LogP contribution in [-0.2, 0) is 6.54 Å². The summed E-state index contributed by atoms with van der Waals surface area (Å²) in [5.74, 6) is 0.371. The van der Waals surface area contributed by atoms with Gasteiger partial charge in [-0.3, -0.25) is 14.3 Å². The number of ether oxygens (including phenoxy) is 2. The predicted molar refractivity (Wildman–Crippen MR) is 93.4 cm³/mol. The van der Waals surface area contributed by atoms with Gasteiger partial charge in [-0.1, -0.05) is 0 Å². The lowest BCUT2D eigenvalue weighted by Crippen LogP contribution is -2.26. The van der Waals surface area contributed by atoms with Gasteiger partial charge in [0.1, 0.15) is 17.2 Å². The molecule has 0 radical (unpaired) electrons. The Hall–Kier alpha value is -3.03.